The molecule has 0 aliphatic rings. The van der Waals surface area contributed by atoms with E-state index in [2.05, 4.69) is 74.5 Å². The van der Waals surface area contributed by atoms with Gasteiger partial charge in [0.2, 0.25) is 0 Å². The third-order valence-electron chi connectivity index (χ3n) is 7.52. The molecule has 7 heteroatoms. The van der Waals surface area contributed by atoms with Gasteiger partial charge >= 0.3 is 0 Å². The second kappa shape index (κ2) is 13.9. The van der Waals surface area contributed by atoms with E-state index in [0.717, 1.165) is 11.0 Å². The zero-order valence-corrected chi connectivity index (χ0v) is 27.9. The van der Waals surface area contributed by atoms with E-state index in [9.17, 15) is 0 Å². The van der Waals surface area contributed by atoms with E-state index in [1.807, 2.05) is 45.3 Å². The van der Waals surface area contributed by atoms with Crippen molar-refractivity contribution in [2.24, 2.45) is 0 Å². The van der Waals surface area contributed by atoms with Crippen LogP contribution in [0.15, 0.2) is 60.7 Å². The molecule has 0 bridgehead atoms. The summed E-state index contributed by atoms with van der Waals surface area (Å²) in [6, 6.07) is 22.8. The maximum Gasteiger partial charge on any atom is 0.114 e. The van der Waals surface area contributed by atoms with Gasteiger partial charge in [-0.15, -0.1) is 45.3 Å². The van der Waals surface area contributed by atoms with Crippen LogP contribution in [0.5, 0.6) is 0 Å². The van der Waals surface area contributed by atoms with E-state index in [0.29, 0.717) is 0 Å². The minimum atomic E-state index is 1.02. The molecule has 5 aromatic heterocycles. The fourth-order valence-electron chi connectivity index (χ4n) is 5.24. The topological polar surface area (TPSA) is 25.8 Å². The summed E-state index contributed by atoms with van der Waals surface area (Å²) in [4.78, 5) is 11.0. The number of rotatable bonds is 14. The van der Waals surface area contributed by atoms with Crippen molar-refractivity contribution in [1.82, 2.24) is 8.75 Å². The first kappa shape index (κ1) is 28.9. The fraction of sp³-hybridized carbons (Fsp3) is 0.353. The summed E-state index contributed by atoms with van der Waals surface area (Å²) in [7, 11) is 0. The molecular weight excluding hydrogens is 597 g/mol. The largest absolute Gasteiger partial charge is 0.172 e. The number of nitrogens with zero attached hydrogens (tertiary/aromatic N) is 2. The van der Waals surface area contributed by atoms with Crippen LogP contribution in [0.4, 0.5) is 0 Å². The van der Waals surface area contributed by atoms with Gasteiger partial charge in [-0.1, -0.05) is 64.5 Å². The molecule has 2 nitrogen and oxygen atoms in total. The number of hydrogen-bond donors (Lipinski definition) is 0. The number of fused-ring (bicyclic) bond motifs is 1. The van der Waals surface area contributed by atoms with Crippen molar-refractivity contribution >= 4 is 68.1 Å². The number of aromatic nitrogens is 2. The van der Waals surface area contributed by atoms with E-state index < -0.39 is 0 Å². The fourth-order valence-corrected chi connectivity index (χ4v) is 10.2. The maximum atomic E-state index is 4.77. The minimum absolute atomic E-state index is 1.02. The lowest BCUT2D eigenvalue weighted by Crippen LogP contribution is -1.81. The number of benzene rings is 1. The minimum Gasteiger partial charge on any atom is -0.172 e. The van der Waals surface area contributed by atoms with Crippen molar-refractivity contribution in [3.05, 3.63) is 70.4 Å². The predicted molar refractivity (Wildman–Crippen MR) is 186 cm³/mol. The zero-order chi connectivity index (χ0) is 28.0. The molecule has 5 heterocycles. The van der Waals surface area contributed by atoms with Crippen molar-refractivity contribution in [2.75, 3.05) is 0 Å². The molecule has 0 atom stereocenters. The lowest BCUT2D eigenvalue weighted by atomic mass is 10.1. The van der Waals surface area contributed by atoms with E-state index in [4.69, 9.17) is 8.75 Å². The third kappa shape index (κ3) is 6.75. The van der Waals surface area contributed by atoms with Crippen LogP contribution in [0, 0.1) is 0 Å². The highest BCUT2D eigenvalue weighted by Crippen LogP contribution is 2.44. The Balaban J connectivity index is 1.19. The summed E-state index contributed by atoms with van der Waals surface area (Å²) in [6.45, 7) is 4.55. The second-order valence-electron chi connectivity index (χ2n) is 10.6. The first-order valence-electron chi connectivity index (χ1n) is 14.9. The SMILES string of the molecule is CCCCCCc1ccc(-c2ccc(-c3ccc(-c4ccc(-c5ccc(CCCCCC)s5)s4)c4nsnc34)s2)s1. The Labute approximate surface area is 264 Å². The summed E-state index contributed by atoms with van der Waals surface area (Å²) < 4.78 is 9.55. The van der Waals surface area contributed by atoms with Crippen molar-refractivity contribution in [1.29, 1.82) is 0 Å². The molecule has 0 N–H and O–H groups in total. The predicted octanol–water partition coefficient (Wildman–Crippen LogP) is 12.9. The number of thiophene rings is 4. The molecule has 0 aliphatic heterocycles. The Hall–Kier alpha value is -2.16. The summed E-state index contributed by atoms with van der Waals surface area (Å²) in [5.41, 5.74) is 4.41. The maximum absolute atomic E-state index is 4.77. The van der Waals surface area contributed by atoms with Gasteiger partial charge in [0, 0.05) is 50.1 Å². The lowest BCUT2D eigenvalue weighted by molar-refractivity contribution is 0.670. The average molecular weight is 633 g/mol. The quantitative estimate of drug-likeness (QED) is 0.112. The molecule has 1 aromatic carbocycles. The van der Waals surface area contributed by atoms with Crippen LogP contribution in [-0.2, 0) is 12.8 Å². The molecule has 41 heavy (non-hydrogen) atoms. The van der Waals surface area contributed by atoms with Gasteiger partial charge in [-0.2, -0.15) is 8.75 Å². The van der Waals surface area contributed by atoms with Crippen LogP contribution in [-0.4, -0.2) is 8.75 Å². The molecule has 212 valence electrons. The second-order valence-corrected chi connectivity index (χ2v) is 15.6. The number of hydrogen-bond acceptors (Lipinski definition) is 7. The monoisotopic (exact) mass is 632 g/mol. The van der Waals surface area contributed by atoms with Gasteiger partial charge in [0.25, 0.3) is 0 Å². The Morgan fingerprint density at radius 1 is 0.439 bits per heavy atom. The Morgan fingerprint density at radius 3 is 1.32 bits per heavy atom. The van der Waals surface area contributed by atoms with Crippen molar-refractivity contribution < 1.29 is 0 Å². The van der Waals surface area contributed by atoms with Gasteiger partial charge in [0.05, 0.1) is 11.7 Å². The summed E-state index contributed by atoms with van der Waals surface area (Å²) >= 11 is 8.96. The standard InChI is InChI=1S/C34H36N2S5/c1-3-5-7-9-11-23-13-17-29(37-23)31-21-19-27(39-31)25-15-16-26(34-33(25)35-41-36-34)28-20-22-32(40-28)30-18-14-24(38-30)12-10-8-6-4-2/h13-22H,3-12H2,1-2H3. The van der Waals surface area contributed by atoms with Crippen LogP contribution in [0.1, 0.15) is 75.0 Å². The zero-order valence-electron chi connectivity index (χ0n) is 23.8. The van der Waals surface area contributed by atoms with Crippen LogP contribution in [0.2, 0.25) is 0 Å². The molecule has 6 aromatic rings. The van der Waals surface area contributed by atoms with E-state index in [1.54, 1.807) is 0 Å². The highest BCUT2D eigenvalue weighted by molar-refractivity contribution is 7.24. The molecule has 0 saturated heterocycles. The van der Waals surface area contributed by atoms with Gasteiger partial charge in [0.15, 0.2) is 0 Å². The van der Waals surface area contributed by atoms with Crippen molar-refractivity contribution in [3.8, 4) is 40.4 Å². The third-order valence-corrected chi connectivity index (χ3v) is 13.0. The van der Waals surface area contributed by atoms with Crippen molar-refractivity contribution in [3.63, 3.8) is 0 Å². The Bertz CT molecular complexity index is 1570. The van der Waals surface area contributed by atoms with Crippen molar-refractivity contribution in [2.45, 2.75) is 78.1 Å². The summed E-state index contributed by atoms with van der Waals surface area (Å²) in [6.07, 6.45) is 12.9. The number of unbranched alkanes of at least 4 members (excludes halogenated alkanes) is 6. The van der Waals surface area contributed by atoms with Gasteiger partial charge in [-0.25, -0.2) is 0 Å². The molecule has 6 rings (SSSR count). The molecule has 0 radical (unpaired) electrons. The highest BCUT2D eigenvalue weighted by Gasteiger charge is 2.17. The normalized spacial score (nSPS) is 11.7. The molecule has 0 unspecified atom stereocenters. The number of aryl methyl sites for hydroxylation is 2. The van der Waals surface area contributed by atoms with Crippen LogP contribution in [0.25, 0.3) is 51.4 Å². The van der Waals surface area contributed by atoms with Crippen LogP contribution in [0.3, 0.4) is 0 Å². The Kier molecular flexibility index (Phi) is 9.79. The molecule has 0 aliphatic carbocycles. The summed E-state index contributed by atoms with van der Waals surface area (Å²) in [5.74, 6) is 0. The van der Waals surface area contributed by atoms with Crippen LogP contribution >= 0.6 is 57.1 Å². The first-order valence-corrected chi connectivity index (χ1v) is 18.9. The lowest BCUT2D eigenvalue weighted by Gasteiger charge is -2.03. The molecule has 0 amide bonds. The van der Waals surface area contributed by atoms with Gasteiger partial charge in [-0.05, 0) is 74.2 Å². The molecular formula is C34H36N2S5. The van der Waals surface area contributed by atoms with E-state index in [1.165, 1.54) is 126 Å². The van der Waals surface area contributed by atoms with Gasteiger partial charge in [0.1, 0.15) is 11.0 Å². The smallest absolute Gasteiger partial charge is 0.114 e. The summed E-state index contributed by atoms with van der Waals surface area (Å²) in [5, 5.41) is 0. The average Bonchev–Trinajstić information content (AvgIpc) is 3.82. The van der Waals surface area contributed by atoms with E-state index >= 15 is 0 Å². The van der Waals surface area contributed by atoms with Gasteiger partial charge in [-0.3, -0.25) is 0 Å². The molecule has 0 saturated carbocycles. The molecule has 0 spiro atoms. The van der Waals surface area contributed by atoms with Crippen LogP contribution < -0.4 is 0 Å². The molecule has 0 fully saturated rings. The Morgan fingerprint density at radius 2 is 0.854 bits per heavy atom. The first-order chi connectivity index (χ1) is 20.2. The van der Waals surface area contributed by atoms with Gasteiger partial charge < -0.3 is 0 Å². The van der Waals surface area contributed by atoms with E-state index in [-0.39, 0.29) is 0 Å². The highest BCUT2D eigenvalue weighted by atomic mass is 32.1.